The zero-order valence-electron chi connectivity index (χ0n) is 24.6. The van der Waals surface area contributed by atoms with Crippen LogP contribution < -0.4 is 14.5 Å². The number of hydrogen-bond donors (Lipinski definition) is 0. The van der Waals surface area contributed by atoms with Crippen molar-refractivity contribution in [3.63, 3.8) is 0 Å². The van der Waals surface area contributed by atoms with Gasteiger partial charge in [-0.25, -0.2) is 4.39 Å². The summed E-state index contributed by atoms with van der Waals surface area (Å²) in [6.07, 6.45) is 2.96. The molecule has 1 unspecified atom stereocenters. The minimum Gasteiger partial charge on any atom is -0.460 e. The largest absolute Gasteiger partial charge is 0.460 e. The molecule has 0 bridgehead atoms. The van der Waals surface area contributed by atoms with Crippen LogP contribution in [0.15, 0.2) is 48.8 Å². The Bertz CT molecular complexity index is 1510. The summed E-state index contributed by atoms with van der Waals surface area (Å²) in [7, 11) is 4.19. The van der Waals surface area contributed by atoms with Crippen molar-refractivity contribution in [3.05, 3.63) is 65.1 Å². The van der Waals surface area contributed by atoms with Gasteiger partial charge in [0.05, 0.1) is 17.3 Å². The molecule has 10 heteroatoms. The first-order valence-corrected chi connectivity index (χ1v) is 15.0. The molecule has 1 atom stereocenters. The summed E-state index contributed by atoms with van der Waals surface area (Å²) < 4.78 is 20.0. The summed E-state index contributed by atoms with van der Waals surface area (Å²) in [4.78, 5) is 30.4. The van der Waals surface area contributed by atoms with Crippen molar-refractivity contribution in [1.29, 1.82) is 0 Å². The zero-order valence-corrected chi connectivity index (χ0v) is 25.3. The van der Waals surface area contributed by atoms with E-state index >= 15 is 0 Å². The Hall–Kier alpha value is -3.43. The van der Waals surface area contributed by atoms with Gasteiger partial charge in [-0.15, -0.1) is 0 Å². The van der Waals surface area contributed by atoms with Crippen LogP contribution >= 0.6 is 11.6 Å². The molecule has 0 spiro atoms. The number of halogens is 2. The molecule has 1 amide bonds. The van der Waals surface area contributed by atoms with Crippen molar-refractivity contribution < 1.29 is 13.9 Å². The van der Waals surface area contributed by atoms with Gasteiger partial charge in [-0.05, 0) is 57.8 Å². The SMILES string of the molecule is C=C(F)C(=O)N1CCN(c2nc(OC(C)C3(CN(C)C)CC3)nc3c2CCN(c2cccc4cccc(Cl)c24)C3)CC1. The predicted octanol–water partition coefficient (Wildman–Crippen LogP) is 5.09. The van der Waals surface area contributed by atoms with Crippen molar-refractivity contribution in [2.45, 2.75) is 38.8 Å². The van der Waals surface area contributed by atoms with Crippen LogP contribution in [0, 0.1) is 5.41 Å². The van der Waals surface area contributed by atoms with Gasteiger partial charge in [-0.3, -0.25) is 4.79 Å². The third-order valence-corrected chi connectivity index (χ3v) is 9.28. The molecule has 3 aromatic rings. The van der Waals surface area contributed by atoms with Gasteiger partial charge in [0.25, 0.3) is 5.91 Å². The quantitative estimate of drug-likeness (QED) is 0.338. The van der Waals surface area contributed by atoms with E-state index in [1.165, 1.54) is 4.90 Å². The Morgan fingerprint density at radius 2 is 1.81 bits per heavy atom. The van der Waals surface area contributed by atoms with Crippen LogP contribution in [-0.2, 0) is 17.8 Å². The fourth-order valence-corrected chi connectivity index (χ4v) is 6.79. The average molecular weight is 593 g/mol. The molecule has 1 aliphatic carbocycles. The van der Waals surface area contributed by atoms with Crippen molar-refractivity contribution >= 4 is 39.8 Å². The van der Waals surface area contributed by atoms with E-state index in [0.717, 1.165) is 70.9 Å². The van der Waals surface area contributed by atoms with Gasteiger partial charge in [-0.1, -0.05) is 42.4 Å². The first-order chi connectivity index (χ1) is 20.1. The molecule has 6 rings (SSSR count). The van der Waals surface area contributed by atoms with Crippen LogP contribution in [0.25, 0.3) is 10.8 Å². The number of carbonyl (C=O) groups is 1. The number of benzene rings is 2. The topological polar surface area (TPSA) is 65.0 Å². The first-order valence-electron chi connectivity index (χ1n) is 14.7. The Morgan fingerprint density at radius 1 is 1.10 bits per heavy atom. The standard InChI is InChI=1S/C32H38ClFN6O2/c1-21(34)30(41)39-17-15-38(16-18-39)29-24-11-14-40(27-10-6-8-23-7-5-9-25(33)28(23)27)19-26(24)35-31(36-29)42-22(2)32(12-13-32)20-37(3)4/h5-10,22H,1,11-20H2,2-4H3. The molecule has 42 heavy (non-hydrogen) atoms. The van der Waals surface area contributed by atoms with Crippen LogP contribution in [-0.4, -0.2) is 85.1 Å². The summed E-state index contributed by atoms with van der Waals surface area (Å²) in [6.45, 7) is 9.54. The van der Waals surface area contributed by atoms with Gasteiger partial charge < -0.3 is 24.3 Å². The van der Waals surface area contributed by atoms with Gasteiger partial charge >= 0.3 is 6.01 Å². The van der Waals surface area contributed by atoms with E-state index in [-0.39, 0.29) is 11.5 Å². The number of fused-ring (bicyclic) bond motifs is 2. The van der Waals surface area contributed by atoms with E-state index in [1.54, 1.807) is 0 Å². The minimum atomic E-state index is -0.923. The molecule has 222 valence electrons. The van der Waals surface area contributed by atoms with E-state index < -0.39 is 11.7 Å². The second-order valence-corrected chi connectivity index (χ2v) is 12.5. The van der Waals surface area contributed by atoms with Crippen LogP contribution in [0.2, 0.25) is 5.02 Å². The second-order valence-electron chi connectivity index (χ2n) is 12.1. The lowest BCUT2D eigenvalue weighted by Gasteiger charge is -2.38. The number of rotatable bonds is 8. The lowest BCUT2D eigenvalue weighted by atomic mass is 10.00. The average Bonchev–Trinajstić information content (AvgIpc) is 3.76. The van der Waals surface area contributed by atoms with E-state index in [2.05, 4.69) is 66.6 Å². The first kappa shape index (κ1) is 28.7. The summed E-state index contributed by atoms with van der Waals surface area (Å²) in [5, 5.41) is 2.87. The highest BCUT2D eigenvalue weighted by Gasteiger charge is 2.49. The highest BCUT2D eigenvalue weighted by atomic mass is 35.5. The Morgan fingerprint density at radius 3 is 2.48 bits per heavy atom. The molecular weight excluding hydrogens is 555 g/mol. The maximum absolute atomic E-state index is 13.5. The molecule has 0 radical (unpaired) electrons. The fraction of sp³-hybridized carbons (Fsp3) is 0.469. The third kappa shape index (κ3) is 5.52. The summed E-state index contributed by atoms with van der Waals surface area (Å²) in [5.74, 6) is -0.716. The van der Waals surface area contributed by atoms with Crippen molar-refractivity contribution in [2.75, 3.05) is 63.2 Å². The molecule has 0 N–H and O–H groups in total. The van der Waals surface area contributed by atoms with Crippen LogP contribution in [0.5, 0.6) is 6.01 Å². The highest BCUT2D eigenvalue weighted by Crippen LogP contribution is 2.50. The molecular formula is C32H38ClFN6O2. The normalized spacial score (nSPS) is 18.7. The van der Waals surface area contributed by atoms with Crippen molar-refractivity contribution in [3.8, 4) is 6.01 Å². The van der Waals surface area contributed by atoms with Crippen LogP contribution in [0.1, 0.15) is 31.0 Å². The molecule has 2 fully saturated rings. The van der Waals surface area contributed by atoms with Gasteiger partial charge in [0, 0.05) is 61.3 Å². The van der Waals surface area contributed by atoms with E-state index in [4.69, 9.17) is 26.3 Å². The van der Waals surface area contributed by atoms with Gasteiger partial charge in [0.2, 0.25) is 0 Å². The highest BCUT2D eigenvalue weighted by molar-refractivity contribution is 6.36. The molecule has 8 nitrogen and oxygen atoms in total. The Labute approximate surface area is 251 Å². The van der Waals surface area contributed by atoms with Crippen LogP contribution in [0.4, 0.5) is 15.9 Å². The van der Waals surface area contributed by atoms with Gasteiger partial charge in [0.1, 0.15) is 11.9 Å². The summed E-state index contributed by atoms with van der Waals surface area (Å²) in [5.41, 5.74) is 3.23. The number of aromatic nitrogens is 2. The van der Waals surface area contributed by atoms with Gasteiger partial charge in [0.15, 0.2) is 5.83 Å². The lowest BCUT2D eigenvalue weighted by Crippen LogP contribution is -2.49. The number of carbonyl (C=O) groups excluding carboxylic acids is 1. The van der Waals surface area contributed by atoms with Crippen LogP contribution in [0.3, 0.4) is 0 Å². The fourth-order valence-electron chi connectivity index (χ4n) is 6.51. The number of ether oxygens (including phenoxy) is 1. The Balaban J connectivity index is 1.32. The molecule has 2 aromatic carbocycles. The second kappa shape index (κ2) is 11.3. The maximum Gasteiger partial charge on any atom is 0.318 e. The van der Waals surface area contributed by atoms with Gasteiger partial charge in [-0.2, -0.15) is 9.97 Å². The Kier molecular flexibility index (Phi) is 7.74. The molecule has 1 aromatic heterocycles. The molecule has 1 saturated heterocycles. The number of hydrogen-bond acceptors (Lipinski definition) is 7. The number of amides is 1. The molecule has 3 heterocycles. The predicted molar refractivity (Wildman–Crippen MR) is 165 cm³/mol. The maximum atomic E-state index is 13.5. The molecule has 1 saturated carbocycles. The number of piperazine rings is 1. The summed E-state index contributed by atoms with van der Waals surface area (Å²) >= 11 is 6.69. The van der Waals surface area contributed by atoms with E-state index in [9.17, 15) is 9.18 Å². The van der Waals surface area contributed by atoms with Crippen molar-refractivity contribution in [1.82, 2.24) is 19.8 Å². The molecule has 2 aliphatic heterocycles. The monoisotopic (exact) mass is 592 g/mol. The van der Waals surface area contributed by atoms with E-state index in [1.807, 2.05) is 12.1 Å². The zero-order chi connectivity index (χ0) is 29.6. The minimum absolute atomic E-state index is 0.0348. The number of nitrogens with zero attached hydrogens (tertiary/aromatic N) is 6. The summed E-state index contributed by atoms with van der Waals surface area (Å²) in [6, 6.07) is 12.6. The van der Waals surface area contributed by atoms with Crippen molar-refractivity contribution in [2.24, 2.45) is 5.41 Å². The van der Waals surface area contributed by atoms with E-state index in [0.29, 0.717) is 38.7 Å². The molecule has 3 aliphatic rings. The lowest BCUT2D eigenvalue weighted by molar-refractivity contribution is -0.128. The smallest absolute Gasteiger partial charge is 0.318 e. The third-order valence-electron chi connectivity index (χ3n) is 8.96. The number of anilines is 2.